The summed E-state index contributed by atoms with van der Waals surface area (Å²) in [5.74, 6) is -0.135. The van der Waals surface area contributed by atoms with Crippen molar-refractivity contribution in [2.45, 2.75) is 52.0 Å². The standard InChI is InChI=1S/C18H28N2O2/c1-4-5-6-9-12-22-17(21)13-20-14-18(2,3)19-15-10-7-8-11-16(15)20/h7-8,10-11,19H,4-6,9,12-14H2,1-3H3. The van der Waals surface area contributed by atoms with E-state index in [-0.39, 0.29) is 11.5 Å². The van der Waals surface area contributed by atoms with E-state index in [4.69, 9.17) is 4.74 Å². The van der Waals surface area contributed by atoms with Crippen molar-refractivity contribution in [2.75, 3.05) is 29.9 Å². The Bertz CT molecular complexity index is 500. The van der Waals surface area contributed by atoms with Gasteiger partial charge < -0.3 is 15.0 Å². The molecule has 0 unspecified atom stereocenters. The molecule has 122 valence electrons. The minimum absolute atomic E-state index is 0.0598. The largest absolute Gasteiger partial charge is 0.464 e. The first-order valence-corrected chi connectivity index (χ1v) is 8.29. The molecule has 0 fully saturated rings. The van der Waals surface area contributed by atoms with Gasteiger partial charge in [0.2, 0.25) is 0 Å². The molecule has 1 aromatic rings. The van der Waals surface area contributed by atoms with Crippen molar-refractivity contribution in [3.63, 3.8) is 0 Å². The molecule has 0 radical (unpaired) electrons. The van der Waals surface area contributed by atoms with E-state index in [1.165, 1.54) is 12.8 Å². The van der Waals surface area contributed by atoms with Crippen LogP contribution in [0, 0.1) is 0 Å². The van der Waals surface area contributed by atoms with Gasteiger partial charge in [0, 0.05) is 12.1 Å². The number of ether oxygens (including phenoxy) is 1. The number of unbranched alkanes of at least 4 members (excludes halogenated alkanes) is 3. The van der Waals surface area contributed by atoms with Gasteiger partial charge in [-0.05, 0) is 32.4 Å². The highest BCUT2D eigenvalue weighted by molar-refractivity contribution is 5.81. The second-order valence-electron chi connectivity index (χ2n) is 6.66. The lowest BCUT2D eigenvalue weighted by atomic mass is 9.99. The summed E-state index contributed by atoms with van der Waals surface area (Å²) in [7, 11) is 0. The fourth-order valence-electron chi connectivity index (χ4n) is 2.88. The molecule has 2 rings (SSSR count). The first-order chi connectivity index (χ1) is 10.5. The quantitative estimate of drug-likeness (QED) is 0.614. The zero-order valence-corrected chi connectivity index (χ0v) is 14.0. The maximum Gasteiger partial charge on any atom is 0.325 e. The van der Waals surface area contributed by atoms with Crippen LogP contribution < -0.4 is 10.2 Å². The zero-order valence-electron chi connectivity index (χ0n) is 14.0. The number of fused-ring (bicyclic) bond motifs is 1. The molecule has 0 aromatic heterocycles. The molecular formula is C18H28N2O2. The van der Waals surface area contributed by atoms with E-state index in [9.17, 15) is 4.79 Å². The first kappa shape index (κ1) is 16.7. The smallest absolute Gasteiger partial charge is 0.325 e. The second kappa shape index (κ2) is 7.52. The SMILES string of the molecule is CCCCCCOC(=O)CN1CC(C)(C)Nc2ccccc21. The Labute approximate surface area is 133 Å². The number of carbonyl (C=O) groups is 1. The molecule has 1 aliphatic rings. The topological polar surface area (TPSA) is 41.6 Å². The number of rotatable bonds is 7. The number of hydrogen-bond acceptors (Lipinski definition) is 4. The molecule has 4 heteroatoms. The molecule has 0 aliphatic carbocycles. The van der Waals surface area contributed by atoms with Gasteiger partial charge in [0.1, 0.15) is 6.54 Å². The van der Waals surface area contributed by atoms with Gasteiger partial charge >= 0.3 is 5.97 Å². The highest BCUT2D eigenvalue weighted by Gasteiger charge is 2.30. The minimum Gasteiger partial charge on any atom is -0.464 e. The van der Waals surface area contributed by atoms with Crippen molar-refractivity contribution in [1.29, 1.82) is 0 Å². The van der Waals surface area contributed by atoms with Gasteiger partial charge in [0.05, 0.1) is 18.0 Å². The van der Waals surface area contributed by atoms with Gasteiger partial charge in [-0.2, -0.15) is 0 Å². The Morgan fingerprint density at radius 3 is 2.82 bits per heavy atom. The highest BCUT2D eigenvalue weighted by atomic mass is 16.5. The van der Waals surface area contributed by atoms with Crippen molar-refractivity contribution in [3.05, 3.63) is 24.3 Å². The predicted molar refractivity (Wildman–Crippen MR) is 91.5 cm³/mol. The van der Waals surface area contributed by atoms with Crippen LogP contribution >= 0.6 is 0 Å². The number of esters is 1. The van der Waals surface area contributed by atoms with Crippen LogP contribution in [0.15, 0.2) is 24.3 Å². The van der Waals surface area contributed by atoms with Gasteiger partial charge in [-0.1, -0.05) is 38.3 Å². The average molecular weight is 304 g/mol. The number of para-hydroxylation sites is 2. The summed E-state index contributed by atoms with van der Waals surface area (Å²) in [6.45, 7) is 8.11. The molecule has 1 aromatic carbocycles. The highest BCUT2D eigenvalue weighted by Crippen LogP contribution is 2.33. The molecule has 0 spiro atoms. The van der Waals surface area contributed by atoms with Crippen molar-refractivity contribution >= 4 is 17.3 Å². The third-order valence-electron chi connectivity index (χ3n) is 3.88. The molecule has 0 saturated carbocycles. The Morgan fingerprint density at radius 2 is 2.05 bits per heavy atom. The van der Waals surface area contributed by atoms with Crippen molar-refractivity contribution < 1.29 is 9.53 Å². The maximum absolute atomic E-state index is 12.1. The Hall–Kier alpha value is -1.71. The lowest BCUT2D eigenvalue weighted by molar-refractivity contribution is -0.142. The van der Waals surface area contributed by atoms with Crippen molar-refractivity contribution in [2.24, 2.45) is 0 Å². The van der Waals surface area contributed by atoms with E-state index in [0.29, 0.717) is 13.2 Å². The third kappa shape index (κ3) is 4.65. The van der Waals surface area contributed by atoms with E-state index >= 15 is 0 Å². The third-order valence-corrected chi connectivity index (χ3v) is 3.88. The fraction of sp³-hybridized carbons (Fsp3) is 0.611. The van der Waals surface area contributed by atoms with Crippen LogP contribution in [-0.2, 0) is 9.53 Å². The monoisotopic (exact) mass is 304 g/mol. The van der Waals surface area contributed by atoms with Gasteiger partial charge in [-0.3, -0.25) is 4.79 Å². The number of nitrogens with one attached hydrogen (secondary N) is 1. The summed E-state index contributed by atoms with van der Waals surface area (Å²) in [6.07, 6.45) is 4.49. The van der Waals surface area contributed by atoms with Crippen LogP contribution in [0.1, 0.15) is 46.5 Å². The Balaban J connectivity index is 1.90. The van der Waals surface area contributed by atoms with Gasteiger partial charge in [-0.25, -0.2) is 0 Å². The Morgan fingerprint density at radius 1 is 1.27 bits per heavy atom. The summed E-state index contributed by atoms with van der Waals surface area (Å²) < 4.78 is 5.37. The molecule has 22 heavy (non-hydrogen) atoms. The van der Waals surface area contributed by atoms with Crippen LogP contribution in [0.4, 0.5) is 11.4 Å². The van der Waals surface area contributed by atoms with Crippen LogP contribution in [0.5, 0.6) is 0 Å². The zero-order chi connectivity index (χ0) is 16.0. The average Bonchev–Trinajstić information content (AvgIpc) is 2.46. The lowest BCUT2D eigenvalue weighted by Crippen LogP contribution is -2.50. The molecule has 0 atom stereocenters. The van der Waals surface area contributed by atoms with Crippen molar-refractivity contribution in [1.82, 2.24) is 0 Å². The van der Waals surface area contributed by atoms with Crippen molar-refractivity contribution in [3.8, 4) is 0 Å². The molecule has 0 saturated heterocycles. The number of benzene rings is 1. The minimum atomic E-state index is -0.135. The van der Waals surface area contributed by atoms with Gasteiger partial charge in [0.25, 0.3) is 0 Å². The molecule has 0 bridgehead atoms. The molecule has 1 aliphatic heterocycles. The first-order valence-electron chi connectivity index (χ1n) is 8.29. The number of nitrogens with zero attached hydrogens (tertiary/aromatic N) is 1. The normalized spacial score (nSPS) is 15.9. The number of hydrogen-bond donors (Lipinski definition) is 1. The second-order valence-corrected chi connectivity index (χ2v) is 6.66. The van der Waals surface area contributed by atoms with Crippen LogP contribution in [0.25, 0.3) is 0 Å². The number of anilines is 2. The van der Waals surface area contributed by atoms with E-state index < -0.39 is 0 Å². The van der Waals surface area contributed by atoms with Gasteiger partial charge in [-0.15, -0.1) is 0 Å². The summed E-state index contributed by atoms with van der Waals surface area (Å²) in [6, 6.07) is 8.12. The van der Waals surface area contributed by atoms with Crippen LogP contribution in [0.2, 0.25) is 0 Å². The molecule has 0 amide bonds. The summed E-state index contributed by atoms with van der Waals surface area (Å²) >= 11 is 0. The van der Waals surface area contributed by atoms with Gasteiger partial charge in [0.15, 0.2) is 0 Å². The predicted octanol–water partition coefficient (Wildman–Crippen LogP) is 3.82. The lowest BCUT2D eigenvalue weighted by Gasteiger charge is -2.41. The molecular weight excluding hydrogens is 276 g/mol. The van der Waals surface area contributed by atoms with E-state index in [0.717, 1.165) is 30.8 Å². The summed E-state index contributed by atoms with van der Waals surface area (Å²) in [5.41, 5.74) is 2.09. The van der Waals surface area contributed by atoms with Crippen LogP contribution in [-0.4, -0.2) is 31.2 Å². The van der Waals surface area contributed by atoms with E-state index in [1.54, 1.807) is 0 Å². The van der Waals surface area contributed by atoms with E-state index in [1.807, 2.05) is 18.2 Å². The Kier molecular flexibility index (Phi) is 5.69. The molecule has 4 nitrogen and oxygen atoms in total. The number of carbonyl (C=O) groups excluding carboxylic acids is 1. The summed E-state index contributed by atoms with van der Waals surface area (Å²) in [4.78, 5) is 14.2. The fourth-order valence-corrected chi connectivity index (χ4v) is 2.88. The van der Waals surface area contributed by atoms with E-state index in [2.05, 4.69) is 37.1 Å². The van der Waals surface area contributed by atoms with Crippen LogP contribution in [0.3, 0.4) is 0 Å². The molecule has 1 N–H and O–H groups in total. The molecule has 1 heterocycles. The maximum atomic E-state index is 12.1. The summed E-state index contributed by atoms with van der Waals surface area (Å²) in [5, 5.41) is 3.51.